The predicted octanol–water partition coefficient (Wildman–Crippen LogP) is 4.24. The van der Waals surface area contributed by atoms with Gasteiger partial charge in [-0.3, -0.25) is 0 Å². The van der Waals surface area contributed by atoms with Crippen molar-refractivity contribution in [2.75, 3.05) is 6.54 Å². The van der Waals surface area contributed by atoms with Gasteiger partial charge in [0.2, 0.25) is 0 Å². The van der Waals surface area contributed by atoms with Crippen LogP contribution in [0.4, 0.5) is 9.59 Å². The first-order valence-electron chi connectivity index (χ1n) is 11.0. The van der Waals surface area contributed by atoms with Gasteiger partial charge in [0.25, 0.3) is 0 Å². The van der Waals surface area contributed by atoms with Crippen LogP contribution in [0.2, 0.25) is 0 Å². The number of hydrogen-bond acceptors (Lipinski definition) is 5. The number of fused-ring (bicyclic) bond motifs is 3. The number of alkyl carbamates (subject to hydrolysis) is 2. The van der Waals surface area contributed by atoms with Gasteiger partial charge in [-0.1, -0.05) is 42.5 Å². The van der Waals surface area contributed by atoms with Crippen molar-refractivity contribution in [2.24, 2.45) is 0 Å². The SMILES string of the molecule is CC(C)(C)OC(=O)N[C@@H](CCCNC(=O)OCc1cccc2c1Cc1ccccc1-2)C(=O)O. The minimum absolute atomic E-state index is 0.138. The number of rotatable bonds is 8. The van der Waals surface area contributed by atoms with Gasteiger partial charge in [-0.15, -0.1) is 0 Å². The molecule has 33 heavy (non-hydrogen) atoms. The molecule has 0 heterocycles. The second-order valence-electron chi connectivity index (χ2n) is 8.96. The molecular formula is C25H30N2O6. The smallest absolute Gasteiger partial charge is 0.408 e. The van der Waals surface area contributed by atoms with E-state index < -0.39 is 29.8 Å². The fourth-order valence-corrected chi connectivity index (χ4v) is 3.76. The molecule has 0 saturated heterocycles. The lowest BCUT2D eigenvalue weighted by molar-refractivity contribution is -0.139. The van der Waals surface area contributed by atoms with E-state index in [-0.39, 0.29) is 19.6 Å². The van der Waals surface area contributed by atoms with Crippen LogP contribution in [0.1, 0.15) is 50.3 Å². The summed E-state index contributed by atoms with van der Waals surface area (Å²) in [5.74, 6) is -1.16. The number of benzene rings is 2. The summed E-state index contributed by atoms with van der Waals surface area (Å²) in [6.45, 7) is 5.46. The number of amides is 2. The molecule has 0 radical (unpaired) electrons. The highest BCUT2D eigenvalue weighted by Crippen LogP contribution is 2.38. The highest BCUT2D eigenvalue weighted by molar-refractivity contribution is 5.80. The molecule has 3 rings (SSSR count). The second-order valence-corrected chi connectivity index (χ2v) is 8.96. The fourth-order valence-electron chi connectivity index (χ4n) is 3.76. The summed E-state index contributed by atoms with van der Waals surface area (Å²) < 4.78 is 10.5. The van der Waals surface area contributed by atoms with Crippen LogP contribution in [0.15, 0.2) is 42.5 Å². The number of hydrogen-bond donors (Lipinski definition) is 3. The van der Waals surface area contributed by atoms with Gasteiger partial charge in [-0.25, -0.2) is 14.4 Å². The van der Waals surface area contributed by atoms with Crippen LogP contribution < -0.4 is 10.6 Å². The second kappa shape index (κ2) is 10.4. The van der Waals surface area contributed by atoms with Crippen LogP contribution in [0.3, 0.4) is 0 Å². The van der Waals surface area contributed by atoms with E-state index in [9.17, 15) is 19.5 Å². The molecule has 2 aromatic rings. The largest absolute Gasteiger partial charge is 0.480 e. The topological polar surface area (TPSA) is 114 Å². The first-order valence-corrected chi connectivity index (χ1v) is 11.0. The Balaban J connectivity index is 1.42. The molecule has 1 aliphatic carbocycles. The van der Waals surface area contributed by atoms with Gasteiger partial charge >= 0.3 is 18.2 Å². The van der Waals surface area contributed by atoms with E-state index >= 15 is 0 Å². The molecule has 0 aromatic heterocycles. The van der Waals surface area contributed by atoms with E-state index in [0.717, 1.165) is 12.0 Å². The summed E-state index contributed by atoms with van der Waals surface area (Å²) in [7, 11) is 0. The summed E-state index contributed by atoms with van der Waals surface area (Å²) in [5, 5.41) is 14.3. The summed E-state index contributed by atoms with van der Waals surface area (Å²) in [6, 6.07) is 13.1. The van der Waals surface area contributed by atoms with Crippen molar-refractivity contribution in [3.8, 4) is 11.1 Å². The standard InChI is InChI=1S/C25H30N2O6/c1-25(2,3)33-24(31)27-21(22(28)29)12-7-13-26-23(30)32-15-17-9-6-11-19-18-10-5-4-8-16(18)14-20(17)19/h4-6,8-11,21H,7,12-15H2,1-3H3,(H,26,30)(H,27,31)(H,28,29)/t21-/m0/s1. The number of ether oxygens (including phenoxy) is 2. The molecule has 2 amide bonds. The summed E-state index contributed by atoms with van der Waals surface area (Å²) in [4.78, 5) is 35.3. The van der Waals surface area contributed by atoms with Crippen molar-refractivity contribution >= 4 is 18.2 Å². The average molecular weight is 455 g/mol. The molecule has 8 heteroatoms. The van der Waals surface area contributed by atoms with E-state index in [4.69, 9.17) is 9.47 Å². The fraction of sp³-hybridized carbons (Fsp3) is 0.400. The molecule has 2 aromatic carbocycles. The lowest BCUT2D eigenvalue weighted by Crippen LogP contribution is -2.43. The van der Waals surface area contributed by atoms with Crippen LogP contribution in [0.25, 0.3) is 11.1 Å². The molecular weight excluding hydrogens is 424 g/mol. The van der Waals surface area contributed by atoms with Gasteiger partial charge in [0, 0.05) is 6.54 Å². The van der Waals surface area contributed by atoms with Gasteiger partial charge < -0.3 is 25.2 Å². The Morgan fingerprint density at radius 3 is 2.48 bits per heavy atom. The Kier molecular flexibility index (Phi) is 7.58. The Morgan fingerprint density at radius 1 is 1.03 bits per heavy atom. The van der Waals surface area contributed by atoms with Gasteiger partial charge in [-0.05, 0) is 67.9 Å². The van der Waals surface area contributed by atoms with Gasteiger partial charge in [-0.2, -0.15) is 0 Å². The predicted molar refractivity (Wildman–Crippen MR) is 123 cm³/mol. The molecule has 0 bridgehead atoms. The zero-order chi connectivity index (χ0) is 24.0. The monoisotopic (exact) mass is 454 g/mol. The molecule has 1 aliphatic rings. The van der Waals surface area contributed by atoms with Crippen molar-refractivity contribution in [1.82, 2.24) is 10.6 Å². The number of nitrogens with one attached hydrogen (secondary N) is 2. The van der Waals surface area contributed by atoms with Gasteiger partial charge in [0.15, 0.2) is 0 Å². The lowest BCUT2D eigenvalue weighted by Gasteiger charge is -2.22. The van der Waals surface area contributed by atoms with Crippen LogP contribution >= 0.6 is 0 Å². The van der Waals surface area contributed by atoms with Gasteiger partial charge in [0.05, 0.1) is 0 Å². The Bertz CT molecular complexity index is 1030. The molecule has 8 nitrogen and oxygen atoms in total. The maximum absolute atomic E-state index is 12.1. The van der Waals surface area contributed by atoms with E-state index in [1.54, 1.807) is 20.8 Å². The van der Waals surface area contributed by atoms with E-state index in [1.165, 1.54) is 22.3 Å². The third-order valence-electron chi connectivity index (χ3n) is 5.23. The van der Waals surface area contributed by atoms with Gasteiger partial charge in [0.1, 0.15) is 18.2 Å². The Labute approximate surface area is 193 Å². The molecule has 176 valence electrons. The van der Waals surface area contributed by atoms with Crippen LogP contribution in [0, 0.1) is 0 Å². The normalized spacial score (nSPS) is 12.8. The minimum Gasteiger partial charge on any atom is -0.480 e. The van der Waals surface area contributed by atoms with E-state index in [1.807, 2.05) is 24.3 Å². The maximum atomic E-state index is 12.1. The number of carboxylic acid groups (broad SMARTS) is 1. The Hall–Kier alpha value is -3.55. The zero-order valence-electron chi connectivity index (χ0n) is 19.1. The quantitative estimate of drug-likeness (QED) is 0.439. The zero-order valence-corrected chi connectivity index (χ0v) is 19.1. The average Bonchev–Trinajstić information content (AvgIpc) is 3.12. The first kappa shape index (κ1) is 24.1. The highest BCUT2D eigenvalue weighted by Gasteiger charge is 2.24. The lowest BCUT2D eigenvalue weighted by atomic mass is 10.0. The minimum atomic E-state index is -1.16. The molecule has 0 saturated carbocycles. The molecule has 0 spiro atoms. The van der Waals surface area contributed by atoms with E-state index in [2.05, 4.69) is 28.8 Å². The van der Waals surface area contributed by atoms with Crippen LogP contribution in [-0.2, 0) is 27.3 Å². The van der Waals surface area contributed by atoms with E-state index in [0.29, 0.717) is 6.42 Å². The molecule has 3 N–H and O–H groups in total. The van der Waals surface area contributed by atoms with Crippen LogP contribution in [0.5, 0.6) is 0 Å². The number of carbonyl (C=O) groups is 3. The summed E-state index contributed by atoms with van der Waals surface area (Å²) in [6.07, 6.45) is -0.0691. The highest BCUT2D eigenvalue weighted by atomic mass is 16.6. The number of aliphatic carboxylic acids is 1. The van der Waals surface area contributed by atoms with Crippen molar-refractivity contribution in [1.29, 1.82) is 0 Å². The molecule has 1 atom stereocenters. The van der Waals surface area contributed by atoms with Crippen molar-refractivity contribution < 1.29 is 29.0 Å². The molecule has 0 fully saturated rings. The summed E-state index contributed by atoms with van der Waals surface area (Å²) in [5.41, 5.74) is 5.06. The Morgan fingerprint density at radius 2 is 1.76 bits per heavy atom. The number of carbonyl (C=O) groups excluding carboxylic acids is 2. The van der Waals surface area contributed by atoms with Crippen LogP contribution in [-0.4, -0.2) is 41.4 Å². The third kappa shape index (κ3) is 6.71. The van der Waals surface area contributed by atoms with Crippen molar-refractivity contribution in [3.63, 3.8) is 0 Å². The molecule has 0 unspecified atom stereocenters. The maximum Gasteiger partial charge on any atom is 0.408 e. The number of carboxylic acids is 1. The third-order valence-corrected chi connectivity index (χ3v) is 5.23. The van der Waals surface area contributed by atoms with Crippen molar-refractivity contribution in [3.05, 3.63) is 59.2 Å². The first-order chi connectivity index (χ1) is 15.6. The molecule has 0 aliphatic heterocycles. The summed E-state index contributed by atoms with van der Waals surface area (Å²) >= 11 is 0. The van der Waals surface area contributed by atoms with Crippen molar-refractivity contribution in [2.45, 2.75) is 58.3 Å².